The number of aromatic nitrogens is 1. The van der Waals surface area contributed by atoms with Gasteiger partial charge in [-0.25, -0.2) is 4.79 Å². The number of carboxylic acid groups (broad SMARTS) is 1. The smallest absolute Gasteiger partial charge is 0.326 e. The second-order valence-corrected chi connectivity index (χ2v) is 14.0. The predicted octanol–water partition coefficient (Wildman–Crippen LogP) is 5.56. The van der Waals surface area contributed by atoms with Gasteiger partial charge in [0.05, 0.1) is 22.7 Å². The molecule has 1 aromatic rings. The zero-order chi connectivity index (χ0) is 31.8. The largest absolute Gasteiger partial charge is 0.480 e. The summed E-state index contributed by atoms with van der Waals surface area (Å²) in [6, 6.07) is 2.69. The summed E-state index contributed by atoms with van der Waals surface area (Å²) in [5.74, 6) is -0.437. The Hall–Kier alpha value is -2.37. The molecule has 0 saturated carbocycles. The first-order chi connectivity index (χ1) is 20.4. The first-order valence-electron chi connectivity index (χ1n) is 15.4. The second-order valence-electron chi connectivity index (χ2n) is 11.8. The van der Waals surface area contributed by atoms with Crippen molar-refractivity contribution >= 4 is 46.4 Å². The number of nitrogens with one attached hydrogen (secondary N) is 2. The van der Waals surface area contributed by atoms with Gasteiger partial charge in [-0.1, -0.05) is 72.0 Å². The van der Waals surface area contributed by atoms with Gasteiger partial charge in [0, 0.05) is 23.9 Å². The normalized spacial score (nSPS) is 18.8. The first kappa shape index (κ1) is 36.8. The Bertz CT molecular complexity index is 1110. The molecule has 240 valence electrons. The third-order valence-corrected chi connectivity index (χ3v) is 9.60. The van der Waals surface area contributed by atoms with Crippen LogP contribution in [0.4, 0.5) is 0 Å². The number of aliphatic carboxylic acids is 1. The van der Waals surface area contributed by atoms with Crippen LogP contribution >= 0.6 is 23.5 Å². The van der Waals surface area contributed by atoms with Crippen LogP contribution in [0.15, 0.2) is 35.5 Å². The van der Waals surface area contributed by atoms with Gasteiger partial charge >= 0.3 is 5.97 Å². The number of aliphatic hydroxyl groups excluding tert-OH is 1. The number of unbranched alkanes of at least 4 members (excludes halogenated alkanes) is 4. The number of carbonyl (C=O) groups is 3. The van der Waals surface area contributed by atoms with E-state index in [0.29, 0.717) is 22.9 Å². The fourth-order valence-electron chi connectivity index (χ4n) is 4.51. The maximum atomic E-state index is 12.9. The molecule has 4 atom stereocenters. The van der Waals surface area contributed by atoms with Crippen LogP contribution in [0.1, 0.15) is 97.2 Å². The van der Waals surface area contributed by atoms with Crippen molar-refractivity contribution in [2.24, 2.45) is 16.8 Å². The lowest BCUT2D eigenvalue weighted by molar-refractivity contribution is -0.143. The summed E-state index contributed by atoms with van der Waals surface area (Å²) in [6.07, 6.45) is 13.9. The van der Waals surface area contributed by atoms with E-state index >= 15 is 0 Å². The minimum absolute atomic E-state index is 0.0628. The van der Waals surface area contributed by atoms with Crippen molar-refractivity contribution in [1.82, 2.24) is 15.6 Å². The molecule has 43 heavy (non-hydrogen) atoms. The monoisotopic (exact) mass is 634 g/mol. The summed E-state index contributed by atoms with van der Waals surface area (Å²) >= 11 is 3.03. The molecule has 2 rings (SSSR count). The van der Waals surface area contributed by atoms with E-state index in [1.165, 1.54) is 37.4 Å². The van der Waals surface area contributed by atoms with Crippen molar-refractivity contribution in [2.75, 3.05) is 11.5 Å². The molecule has 1 aromatic heterocycles. The molecule has 2 heterocycles. The number of amides is 2. The minimum atomic E-state index is -1.07. The van der Waals surface area contributed by atoms with E-state index in [4.69, 9.17) is 0 Å². The van der Waals surface area contributed by atoms with Crippen molar-refractivity contribution in [3.63, 3.8) is 0 Å². The van der Waals surface area contributed by atoms with E-state index in [-0.39, 0.29) is 29.7 Å². The molecule has 0 aromatic carbocycles. The van der Waals surface area contributed by atoms with Gasteiger partial charge in [-0.05, 0) is 49.5 Å². The Morgan fingerprint density at radius 2 is 1.93 bits per heavy atom. The van der Waals surface area contributed by atoms with Crippen LogP contribution in [-0.2, 0) is 20.9 Å². The fourth-order valence-corrected chi connectivity index (χ4v) is 6.56. The zero-order valence-corrected chi connectivity index (χ0v) is 27.9. The highest BCUT2D eigenvalue weighted by Crippen LogP contribution is 2.31. The number of hydrogen-bond acceptors (Lipinski definition) is 8. The van der Waals surface area contributed by atoms with Gasteiger partial charge in [-0.3, -0.25) is 19.6 Å². The van der Waals surface area contributed by atoms with Gasteiger partial charge in [-0.15, -0.1) is 23.5 Å². The number of thioether (sulfide) groups is 2. The number of aliphatic hydroxyl groups is 1. The van der Waals surface area contributed by atoms with Gasteiger partial charge in [0.25, 0.3) is 0 Å². The van der Waals surface area contributed by atoms with Crippen molar-refractivity contribution in [1.29, 1.82) is 0 Å². The lowest BCUT2D eigenvalue weighted by Gasteiger charge is -2.24. The highest BCUT2D eigenvalue weighted by Gasteiger charge is 2.40. The van der Waals surface area contributed by atoms with E-state index in [9.17, 15) is 24.6 Å². The molecule has 9 nitrogen and oxygen atoms in total. The summed E-state index contributed by atoms with van der Waals surface area (Å²) in [5, 5.41) is 25.8. The summed E-state index contributed by atoms with van der Waals surface area (Å²) in [7, 11) is 0. The molecule has 0 bridgehead atoms. The van der Waals surface area contributed by atoms with Crippen LogP contribution in [0.3, 0.4) is 0 Å². The van der Waals surface area contributed by atoms with E-state index < -0.39 is 23.5 Å². The molecule has 4 N–H and O–H groups in total. The summed E-state index contributed by atoms with van der Waals surface area (Å²) in [4.78, 5) is 46.0. The highest BCUT2D eigenvalue weighted by atomic mass is 32.2. The maximum Gasteiger partial charge on any atom is 0.326 e. The molecular formula is C32H50N4O5S2. The molecule has 0 aliphatic carbocycles. The number of rotatable bonds is 20. The summed E-state index contributed by atoms with van der Waals surface area (Å²) in [6.45, 7) is 9.70. The molecule has 1 aliphatic rings. The van der Waals surface area contributed by atoms with Gasteiger partial charge in [0.15, 0.2) is 0 Å². The Morgan fingerprint density at radius 3 is 2.63 bits per heavy atom. The number of carbonyl (C=O) groups excluding carboxylic acids is 2. The topological polar surface area (TPSA) is 141 Å². The Kier molecular flexibility index (Phi) is 16.4. The third-order valence-electron chi connectivity index (χ3n) is 7.20. The molecule has 11 heteroatoms. The Morgan fingerprint density at radius 1 is 1.19 bits per heavy atom. The number of aliphatic imine (C=N–C) groups is 1. The molecule has 0 saturated heterocycles. The fraction of sp³-hybridized carbons (Fsp3) is 0.656. The quantitative estimate of drug-likeness (QED) is 0.0830. The van der Waals surface area contributed by atoms with Crippen LogP contribution in [0.25, 0.3) is 0 Å². The zero-order valence-electron chi connectivity index (χ0n) is 26.3. The van der Waals surface area contributed by atoms with E-state index in [1.54, 1.807) is 38.7 Å². The second kappa shape index (κ2) is 19.1. The molecular weight excluding hydrogens is 585 g/mol. The van der Waals surface area contributed by atoms with Gasteiger partial charge < -0.3 is 20.8 Å². The van der Waals surface area contributed by atoms with E-state index in [0.717, 1.165) is 30.6 Å². The molecule has 0 spiro atoms. The van der Waals surface area contributed by atoms with Gasteiger partial charge in [-0.2, -0.15) is 0 Å². The molecule has 0 fully saturated rings. The van der Waals surface area contributed by atoms with Crippen molar-refractivity contribution in [3.8, 4) is 0 Å². The number of pyridine rings is 1. The lowest BCUT2D eigenvalue weighted by atomic mass is 10.0. The van der Waals surface area contributed by atoms with E-state index in [2.05, 4.69) is 39.7 Å². The van der Waals surface area contributed by atoms with Crippen LogP contribution in [-0.4, -0.2) is 66.5 Å². The first-order valence-corrected chi connectivity index (χ1v) is 17.4. The molecule has 0 radical (unpaired) electrons. The number of hydrogen-bond donors (Lipinski definition) is 4. The molecule has 1 unspecified atom stereocenters. The number of allylic oxidation sites excluding steroid dienone is 2. The Balaban J connectivity index is 1.77. The van der Waals surface area contributed by atoms with Crippen molar-refractivity contribution in [2.45, 2.75) is 110 Å². The van der Waals surface area contributed by atoms with Crippen LogP contribution in [0, 0.1) is 11.8 Å². The Labute approximate surface area is 265 Å². The molecule has 1 aliphatic heterocycles. The SMILES string of the molecule is CCCCCCCC(O)SCC/C=C/[C@@H](C)CC(=O)NCc1cc(C2=N[C@](C)(C(=O)N[C@H](C(=O)O)C(C)C)CS2)ccn1. The average molecular weight is 635 g/mol. The van der Waals surface area contributed by atoms with Gasteiger partial charge in [0.1, 0.15) is 11.6 Å². The predicted molar refractivity (Wildman–Crippen MR) is 177 cm³/mol. The molecule has 2 amide bonds. The summed E-state index contributed by atoms with van der Waals surface area (Å²) < 4.78 is 0. The number of nitrogens with zero attached hydrogens (tertiary/aromatic N) is 2. The summed E-state index contributed by atoms with van der Waals surface area (Å²) in [5.41, 5.74) is 0.114. The van der Waals surface area contributed by atoms with Crippen LogP contribution < -0.4 is 10.6 Å². The average Bonchev–Trinajstić information content (AvgIpc) is 3.37. The standard InChI is InChI=1S/C32H50N4O5S2/c1-6-7-8-9-10-14-27(38)42-17-12-11-13-23(4)18-26(37)34-20-25-19-24(15-16-33-25)29-36-32(5,21-43-29)31(41)35-28(22(2)3)30(39)40/h11,13,15-16,19,22-23,27-28,38H,6-10,12,14,17-18,20-21H2,1-5H3,(H,34,37)(H,35,41)(H,39,40)/b13-11+/t23-,27?,28+,32+/m1/s1. The number of carboxylic acids is 1. The van der Waals surface area contributed by atoms with Gasteiger partial charge in [0.2, 0.25) is 11.8 Å². The van der Waals surface area contributed by atoms with Crippen LogP contribution in [0.2, 0.25) is 0 Å². The van der Waals surface area contributed by atoms with Crippen molar-refractivity contribution in [3.05, 3.63) is 41.7 Å². The van der Waals surface area contributed by atoms with Crippen LogP contribution in [0.5, 0.6) is 0 Å². The highest BCUT2D eigenvalue weighted by molar-refractivity contribution is 8.14. The van der Waals surface area contributed by atoms with E-state index in [1.807, 2.05) is 19.1 Å². The lowest BCUT2D eigenvalue weighted by Crippen LogP contribution is -2.52. The third kappa shape index (κ3) is 13.4. The minimum Gasteiger partial charge on any atom is -0.480 e. The van der Waals surface area contributed by atoms with Crippen molar-refractivity contribution < 1.29 is 24.6 Å². The maximum absolute atomic E-state index is 12.9.